The van der Waals surface area contributed by atoms with Crippen LogP contribution in [0.5, 0.6) is 0 Å². The zero-order chi connectivity index (χ0) is 25.7. The number of hydrogen-bond donors (Lipinski definition) is 2. The van der Waals surface area contributed by atoms with Crippen LogP contribution >= 0.6 is 0 Å². The summed E-state index contributed by atoms with van der Waals surface area (Å²) < 4.78 is 39.1. The third kappa shape index (κ3) is 6.45. The van der Waals surface area contributed by atoms with Crippen LogP contribution in [0.3, 0.4) is 0 Å². The van der Waals surface area contributed by atoms with E-state index in [1.807, 2.05) is 37.3 Å². The van der Waals surface area contributed by atoms with E-state index in [4.69, 9.17) is 9.47 Å². The lowest BCUT2D eigenvalue weighted by atomic mass is 10.0. The van der Waals surface area contributed by atoms with Gasteiger partial charge in [-0.25, -0.2) is 13.2 Å². The third-order valence-corrected chi connectivity index (χ3v) is 9.10. The minimum atomic E-state index is -3.81. The zero-order valence-electron chi connectivity index (χ0n) is 20.9. The molecular formula is C27H36N2O6S. The van der Waals surface area contributed by atoms with E-state index < -0.39 is 28.3 Å². The Morgan fingerprint density at radius 3 is 2.56 bits per heavy atom. The molecule has 5 atom stereocenters. The molecule has 2 fully saturated rings. The number of rotatable bonds is 10. The molecule has 0 spiro atoms. The van der Waals surface area contributed by atoms with Crippen LogP contribution in [0.4, 0.5) is 4.79 Å². The summed E-state index contributed by atoms with van der Waals surface area (Å²) in [6, 6.07) is 15.4. The van der Waals surface area contributed by atoms with Crippen molar-refractivity contribution in [2.24, 2.45) is 5.92 Å². The highest BCUT2D eigenvalue weighted by molar-refractivity contribution is 7.89. The third-order valence-electron chi connectivity index (χ3n) is 7.15. The van der Waals surface area contributed by atoms with Crippen molar-refractivity contribution in [3.8, 4) is 0 Å². The molecule has 1 saturated carbocycles. The van der Waals surface area contributed by atoms with E-state index >= 15 is 0 Å². The second-order valence-corrected chi connectivity index (χ2v) is 11.7. The predicted molar refractivity (Wildman–Crippen MR) is 136 cm³/mol. The van der Waals surface area contributed by atoms with E-state index in [9.17, 15) is 18.3 Å². The van der Waals surface area contributed by atoms with E-state index in [1.165, 1.54) is 4.31 Å². The van der Waals surface area contributed by atoms with Gasteiger partial charge in [0, 0.05) is 26.1 Å². The number of carbonyl (C=O) groups excluding carboxylic acids is 1. The molecule has 1 heterocycles. The fourth-order valence-electron chi connectivity index (χ4n) is 5.09. The number of ether oxygens (including phenoxy) is 2. The van der Waals surface area contributed by atoms with E-state index in [1.54, 1.807) is 31.2 Å². The maximum atomic E-state index is 13.2. The number of alkyl carbamates (subject to hydrolysis) is 1. The number of nitrogens with one attached hydrogen (secondary N) is 1. The summed E-state index contributed by atoms with van der Waals surface area (Å²) in [6.45, 7) is 4.40. The van der Waals surface area contributed by atoms with Gasteiger partial charge >= 0.3 is 6.09 Å². The monoisotopic (exact) mass is 516 g/mol. The van der Waals surface area contributed by atoms with Crippen molar-refractivity contribution < 1.29 is 27.8 Å². The molecule has 2 N–H and O–H groups in total. The minimum absolute atomic E-state index is 0.151. The number of carbonyl (C=O) groups is 1. The first-order valence-corrected chi connectivity index (χ1v) is 14.1. The topological polar surface area (TPSA) is 105 Å². The van der Waals surface area contributed by atoms with Crippen molar-refractivity contribution in [3.63, 3.8) is 0 Å². The maximum Gasteiger partial charge on any atom is 0.407 e. The molecule has 0 unspecified atom stereocenters. The van der Waals surface area contributed by atoms with Crippen LogP contribution in [0.1, 0.15) is 37.3 Å². The molecule has 8 nitrogen and oxygen atoms in total. The Hall–Kier alpha value is -2.46. The Labute approximate surface area is 213 Å². The Kier molecular flexibility index (Phi) is 8.66. The summed E-state index contributed by atoms with van der Waals surface area (Å²) in [5, 5.41) is 14.0. The standard InChI is InChI=1S/C27H36N2O6S/c1-3-29(36(32,33)23-11-9-19(2)10-12-23)18-25(30)24(15-20-7-5-4-6-8-20)28-27(31)35-22-16-21-13-14-34-26(21)17-22/h4-12,21-22,24-26,30H,3,13-18H2,1-2H3,(H,28,31)/t21-,22+,24-,25+,26+/m0/s1. The fraction of sp³-hybridized carbons (Fsp3) is 0.519. The molecule has 0 aromatic heterocycles. The fourth-order valence-corrected chi connectivity index (χ4v) is 6.56. The Morgan fingerprint density at radius 1 is 1.17 bits per heavy atom. The summed E-state index contributed by atoms with van der Waals surface area (Å²) in [5.74, 6) is 0.429. The molecule has 2 aromatic rings. The quantitative estimate of drug-likeness (QED) is 0.502. The number of sulfonamides is 1. The van der Waals surface area contributed by atoms with Gasteiger partial charge in [0.1, 0.15) is 6.10 Å². The van der Waals surface area contributed by atoms with Crippen molar-refractivity contribution >= 4 is 16.1 Å². The number of amides is 1. The van der Waals surface area contributed by atoms with Gasteiger partial charge in [-0.2, -0.15) is 4.31 Å². The highest BCUT2D eigenvalue weighted by Crippen LogP contribution is 2.37. The molecule has 4 rings (SSSR count). The Bertz CT molecular complexity index is 1100. The number of benzene rings is 2. The maximum absolute atomic E-state index is 13.2. The number of hydrogen-bond acceptors (Lipinski definition) is 6. The molecule has 1 saturated heterocycles. The van der Waals surface area contributed by atoms with Crippen molar-refractivity contribution in [2.45, 2.75) is 68.8 Å². The van der Waals surface area contributed by atoms with Crippen LogP contribution < -0.4 is 5.32 Å². The largest absolute Gasteiger partial charge is 0.446 e. The van der Waals surface area contributed by atoms with Crippen LogP contribution in [0.25, 0.3) is 0 Å². The number of likely N-dealkylation sites (N-methyl/N-ethyl adjacent to an activating group) is 1. The summed E-state index contributed by atoms with van der Waals surface area (Å²) in [7, 11) is -3.81. The van der Waals surface area contributed by atoms with Gasteiger partial charge in [0.2, 0.25) is 10.0 Å². The lowest BCUT2D eigenvalue weighted by Crippen LogP contribution is -2.51. The molecule has 2 aromatic carbocycles. The van der Waals surface area contributed by atoms with Gasteiger partial charge in [-0.05, 0) is 49.8 Å². The normalized spacial score (nSPS) is 23.3. The zero-order valence-corrected chi connectivity index (χ0v) is 21.7. The van der Waals surface area contributed by atoms with Gasteiger partial charge in [-0.15, -0.1) is 0 Å². The van der Waals surface area contributed by atoms with Gasteiger partial charge in [0.25, 0.3) is 0 Å². The molecule has 196 valence electrons. The van der Waals surface area contributed by atoms with Crippen LogP contribution in [-0.4, -0.2) is 68.0 Å². The first-order chi connectivity index (χ1) is 17.3. The number of nitrogens with zero attached hydrogens (tertiary/aromatic N) is 1. The van der Waals surface area contributed by atoms with Crippen molar-refractivity contribution in [2.75, 3.05) is 19.7 Å². The highest BCUT2D eigenvalue weighted by atomic mass is 32.2. The van der Waals surface area contributed by atoms with Crippen molar-refractivity contribution in [1.29, 1.82) is 0 Å². The van der Waals surface area contributed by atoms with E-state index in [-0.39, 0.29) is 30.2 Å². The van der Waals surface area contributed by atoms with Gasteiger partial charge in [0.15, 0.2) is 0 Å². The number of aliphatic hydroxyl groups excluding tert-OH is 1. The van der Waals surface area contributed by atoms with E-state index in [0.29, 0.717) is 18.8 Å². The Morgan fingerprint density at radius 2 is 1.89 bits per heavy atom. The van der Waals surface area contributed by atoms with Crippen molar-refractivity contribution in [3.05, 3.63) is 65.7 Å². The highest BCUT2D eigenvalue weighted by Gasteiger charge is 2.40. The average molecular weight is 517 g/mol. The SMILES string of the molecule is CCN(C[C@@H](O)[C@H](Cc1ccccc1)NC(=O)O[C@@H]1C[C@@H]2CCO[C@@H]2C1)S(=O)(=O)c1ccc(C)cc1. The first kappa shape index (κ1) is 26.6. The van der Waals surface area contributed by atoms with Crippen LogP contribution in [0.15, 0.2) is 59.5 Å². The summed E-state index contributed by atoms with van der Waals surface area (Å²) >= 11 is 0. The number of aliphatic hydroxyl groups is 1. The first-order valence-electron chi connectivity index (χ1n) is 12.6. The lowest BCUT2D eigenvalue weighted by Gasteiger charge is -2.29. The average Bonchev–Trinajstić information content (AvgIpc) is 3.44. The van der Waals surface area contributed by atoms with E-state index in [0.717, 1.165) is 30.6 Å². The molecule has 1 aliphatic heterocycles. The van der Waals surface area contributed by atoms with Gasteiger partial charge < -0.3 is 19.9 Å². The van der Waals surface area contributed by atoms with Gasteiger partial charge in [-0.1, -0.05) is 55.0 Å². The smallest absolute Gasteiger partial charge is 0.407 e. The molecular weight excluding hydrogens is 480 g/mol. The second-order valence-electron chi connectivity index (χ2n) is 9.73. The molecule has 0 bridgehead atoms. The van der Waals surface area contributed by atoms with E-state index in [2.05, 4.69) is 5.32 Å². The molecule has 0 radical (unpaired) electrons. The molecule has 1 aliphatic carbocycles. The van der Waals surface area contributed by atoms with Crippen molar-refractivity contribution in [1.82, 2.24) is 9.62 Å². The molecule has 1 amide bonds. The number of fused-ring (bicyclic) bond motifs is 1. The second kappa shape index (κ2) is 11.7. The number of aryl methyl sites for hydroxylation is 1. The van der Waals surface area contributed by atoms with Crippen LogP contribution in [0, 0.1) is 12.8 Å². The predicted octanol–water partition coefficient (Wildman–Crippen LogP) is 3.27. The molecule has 36 heavy (non-hydrogen) atoms. The Balaban J connectivity index is 1.45. The van der Waals surface area contributed by atoms with Crippen LogP contribution in [0.2, 0.25) is 0 Å². The minimum Gasteiger partial charge on any atom is -0.446 e. The van der Waals surface area contributed by atoms with Crippen LogP contribution in [-0.2, 0) is 25.9 Å². The lowest BCUT2D eigenvalue weighted by molar-refractivity contribution is 0.0559. The van der Waals surface area contributed by atoms with Gasteiger partial charge in [0.05, 0.1) is 23.1 Å². The summed E-state index contributed by atoms with van der Waals surface area (Å²) in [5.41, 5.74) is 1.87. The van der Waals surface area contributed by atoms with Gasteiger partial charge in [-0.3, -0.25) is 0 Å². The summed E-state index contributed by atoms with van der Waals surface area (Å²) in [6.07, 6.45) is 0.962. The molecule has 9 heteroatoms. The summed E-state index contributed by atoms with van der Waals surface area (Å²) in [4.78, 5) is 13.0. The molecule has 2 aliphatic rings.